The summed E-state index contributed by atoms with van der Waals surface area (Å²) in [5.41, 5.74) is 0. The van der Waals surface area contributed by atoms with Crippen LogP contribution in [-0.4, -0.2) is 23.0 Å². The Balaban J connectivity index is 1.82. The van der Waals surface area contributed by atoms with E-state index in [1.807, 2.05) is 0 Å². The zero-order valence-corrected chi connectivity index (χ0v) is 8.48. The van der Waals surface area contributed by atoms with Gasteiger partial charge in [-0.2, -0.15) is 0 Å². The topological polar surface area (TPSA) is 66.4 Å². The summed E-state index contributed by atoms with van der Waals surface area (Å²) in [5.74, 6) is 0.0361. The largest absolute Gasteiger partial charge is 0.478 e. The van der Waals surface area contributed by atoms with E-state index in [4.69, 9.17) is 5.11 Å². The van der Waals surface area contributed by atoms with Gasteiger partial charge in [0.15, 0.2) is 0 Å². The molecule has 2 rings (SSSR count). The van der Waals surface area contributed by atoms with E-state index in [9.17, 15) is 9.59 Å². The summed E-state index contributed by atoms with van der Waals surface area (Å²) in [6.07, 6.45) is 6.77. The van der Waals surface area contributed by atoms with E-state index >= 15 is 0 Å². The number of hydrogen-bond acceptors (Lipinski definition) is 2. The van der Waals surface area contributed by atoms with E-state index in [-0.39, 0.29) is 11.9 Å². The van der Waals surface area contributed by atoms with Gasteiger partial charge in [-0.25, -0.2) is 4.79 Å². The number of amides is 1. The Labute approximate surface area is 88.4 Å². The summed E-state index contributed by atoms with van der Waals surface area (Å²) >= 11 is 0. The molecule has 0 aromatic rings. The van der Waals surface area contributed by atoms with Gasteiger partial charge >= 0.3 is 5.97 Å². The number of nitrogens with one attached hydrogen (secondary N) is 1. The van der Waals surface area contributed by atoms with E-state index in [0.717, 1.165) is 24.5 Å². The van der Waals surface area contributed by atoms with Crippen molar-refractivity contribution in [3.8, 4) is 0 Å². The lowest BCUT2D eigenvalue weighted by atomic mass is 9.95. The fraction of sp³-hybridized carbons (Fsp3) is 0.636. The zero-order chi connectivity index (χ0) is 10.8. The molecule has 2 N–H and O–H groups in total. The highest BCUT2D eigenvalue weighted by Crippen LogP contribution is 2.44. The molecule has 0 spiro atoms. The van der Waals surface area contributed by atoms with Gasteiger partial charge in [0.1, 0.15) is 0 Å². The number of aliphatic carboxylic acids is 1. The number of carbonyl (C=O) groups is 2. The van der Waals surface area contributed by atoms with Gasteiger partial charge in [-0.3, -0.25) is 4.79 Å². The number of carboxylic acids is 1. The fourth-order valence-electron chi connectivity index (χ4n) is 2.80. The van der Waals surface area contributed by atoms with Crippen LogP contribution >= 0.6 is 0 Å². The molecule has 1 amide bonds. The lowest BCUT2D eigenvalue weighted by Gasteiger charge is -2.21. The summed E-state index contributed by atoms with van der Waals surface area (Å²) in [6.45, 7) is 0. The Morgan fingerprint density at radius 3 is 2.53 bits per heavy atom. The molecular weight excluding hydrogens is 194 g/mol. The molecule has 2 fully saturated rings. The van der Waals surface area contributed by atoms with Crippen LogP contribution in [0.2, 0.25) is 0 Å². The van der Waals surface area contributed by atoms with Crippen molar-refractivity contribution in [2.24, 2.45) is 11.8 Å². The van der Waals surface area contributed by atoms with Crippen LogP contribution in [0.4, 0.5) is 0 Å². The number of rotatable bonds is 3. The molecule has 0 radical (unpaired) electrons. The maximum Gasteiger partial charge on any atom is 0.328 e. The highest BCUT2D eigenvalue weighted by Gasteiger charge is 2.39. The molecule has 0 aromatic carbocycles. The van der Waals surface area contributed by atoms with Crippen LogP contribution in [0.15, 0.2) is 12.2 Å². The molecule has 2 saturated carbocycles. The second kappa shape index (κ2) is 4.04. The minimum absolute atomic E-state index is 0.273. The Hall–Kier alpha value is -1.32. The van der Waals surface area contributed by atoms with Crippen LogP contribution in [0.3, 0.4) is 0 Å². The minimum Gasteiger partial charge on any atom is -0.478 e. The first-order valence-electron chi connectivity index (χ1n) is 5.36. The molecule has 2 aliphatic rings. The molecule has 15 heavy (non-hydrogen) atoms. The van der Waals surface area contributed by atoms with Crippen molar-refractivity contribution in [3.05, 3.63) is 12.2 Å². The number of carboxylic acid groups (broad SMARTS) is 1. The first-order valence-corrected chi connectivity index (χ1v) is 5.36. The van der Waals surface area contributed by atoms with Crippen LogP contribution in [0, 0.1) is 11.8 Å². The molecular formula is C11H15NO3. The van der Waals surface area contributed by atoms with Crippen molar-refractivity contribution in [2.45, 2.75) is 31.7 Å². The van der Waals surface area contributed by atoms with Crippen LogP contribution in [0.5, 0.6) is 0 Å². The third-order valence-corrected chi connectivity index (χ3v) is 3.44. The van der Waals surface area contributed by atoms with Gasteiger partial charge in [-0.1, -0.05) is 6.42 Å². The number of hydrogen-bond donors (Lipinski definition) is 2. The van der Waals surface area contributed by atoms with Crippen LogP contribution in [0.1, 0.15) is 25.7 Å². The third-order valence-electron chi connectivity index (χ3n) is 3.44. The van der Waals surface area contributed by atoms with Crippen molar-refractivity contribution in [3.63, 3.8) is 0 Å². The van der Waals surface area contributed by atoms with Gasteiger partial charge in [0.05, 0.1) is 0 Å². The highest BCUT2D eigenvalue weighted by molar-refractivity contribution is 5.94. The Kier molecular flexibility index (Phi) is 2.75. The van der Waals surface area contributed by atoms with E-state index < -0.39 is 5.97 Å². The average Bonchev–Trinajstić information content (AvgIpc) is 2.76. The molecule has 0 saturated heterocycles. The summed E-state index contributed by atoms with van der Waals surface area (Å²) in [5, 5.41) is 11.2. The van der Waals surface area contributed by atoms with Gasteiger partial charge in [0.2, 0.25) is 5.91 Å². The summed E-state index contributed by atoms with van der Waals surface area (Å²) < 4.78 is 0. The van der Waals surface area contributed by atoms with E-state index in [1.165, 1.54) is 19.3 Å². The van der Waals surface area contributed by atoms with Crippen LogP contribution in [-0.2, 0) is 9.59 Å². The molecule has 0 aromatic heterocycles. The summed E-state index contributed by atoms with van der Waals surface area (Å²) in [4.78, 5) is 21.5. The average molecular weight is 209 g/mol. The third kappa shape index (κ3) is 2.37. The first-order chi connectivity index (χ1) is 7.15. The molecule has 3 atom stereocenters. The minimum atomic E-state index is -1.09. The quantitative estimate of drug-likeness (QED) is 0.679. The monoisotopic (exact) mass is 209 g/mol. The summed E-state index contributed by atoms with van der Waals surface area (Å²) in [7, 11) is 0. The molecule has 82 valence electrons. The predicted molar refractivity (Wildman–Crippen MR) is 54.2 cm³/mol. The maximum absolute atomic E-state index is 11.3. The van der Waals surface area contributed by atoms with Gasteiger partial charge < -0.3 is 10.4 Å². The fourth-order valence-corrected chi connectivity index (χ4v) is 2.80. The van der Waals surface area contributed by atoms with Crippen molar-refractivity contribution in [2.75, 3.05) is 0 Å². The molecule has 0 heterocycles. The molecule has 3 unspecified atom stereocenters. The van der Waals surface area contributed by atoms with E-state index in [0.29, 0.717) is 5.92 Å². The lowest BCUT2D eigenvalue weighted by molar-refractivity contribution is -0.131. The van der Waals surface area contributed by atoms with Crippen LogP contribution < -0.4 is 5.32 Å². The molecule has 4 heteroatoms. The van der Waals surface area contributed by atoms with Gasteiger partial charge in [-0.15, -0.1) is 0 Å². The SMILES string of the molecule is O=C(O)/C=C\C(=O)NC1CC2CCC1C2. The molecule has 0 aliphatic heterocycles. The van der Waals surface area contributed by atoms with Crippen molar-refractivity contribution >= 4 is 11.9 Å². The first kappa shape index (κ1) is 10.2. The van der Waals surface area contributed by atoms with Crippen molar-refractivity contribution in [1.29, 1.82) is 0 Å². The Morgan fingerprint density at radius 1 is 1.20 bits per heavy atom. The van der Waals surface area contributed by atoms with Gasteiger partial charge in [0, 0.05) is 18.2 Å². The highest BCUT2D eigenvalue weighted by atomic mass is 16.4. The number of fused-ring (bicyclic) bond motifs is 2. The zero-order valence-electron chi connectivity index (χ0n) is 8.48. The van der Waals surface area contributed by atoms with Crippen LogP contribution in [0.25, 0.3) is 0 Å². The Bertz CT molecular complexity index is 311. The van der Waals surface area contributed by atoms with E-state index in [2.05, 4.69) is 5.32 Å². The van der Waals surface area contributed by atoms with E-state index in [1.54, 1.807) is 0 Å². The molecule has 4 nitrogen and oxygen atoms in total. The normalized spacial score (nSPS) is 33.5. The standard InChI is InChI=1S/C11H15NO3/c13-10(3-4-11(14)15)12-9-6-7-1-2-8(9)5-7/h3-4,7-9H,1-2,5-6H2,(H,12,13)(H,14,15)/b4-3-. The molecule has 2 bridgehead atoms. The maximum atomic E-state index is 11.3. The predicted octanol–water partition coefficient (Wildman–Crippen LogP) is 0.932. The smallest absolute Gasteiger partial charge is 0.328 e. The summed E-state index contributed by atoms with van der Waals surface area (Å²) in [6, 6.07) is 0.273. The van der Waals surface area contributed by atoms with Crippen molar-refractivity contribution in [1.82, 2.24) is 5.32 Å². The van der Waals surface area contributed by atoms with Crippen molar-refractivity contribution < 1.29 is 14.7 Å². The lowest BCUT2D eigenvalue weighted by Crippen LogP contribution is -2.37. The number of carbonyl (C=O) groups excluding carboxylic acids is 1. The van der Waals surface area contributed by atoms with Gasteiger partial charge in [-0.05, 0) is 31.1 Å². The van der Waals surface area contributed by atoms with Gasteiger partial charge in [0.25, 0.3) is 0 Å². The second-order valence-corrected chi connectivity index (χ2v) is 4.46. The Morgan fingerprint density at radius 2 is 2.00 bits per heavy atom. The second-order valence-electron chi connectivity index (χ2n) is 4.46. The molecule has 2 aliphatic carbocycles.